The number of nitrogens with one attached hydrogen (secondary N) is 1. The minimum atomic E-state index is -0.0610. The summed E-state index contributed by atoms with van der Waals surface area (Å²) in [6, 6.07) is 0. The van der Waals surface area contributed by atoms with E-state index in [9.17, 15) is 4.79 Å². The maximum absolute atomic E-state index is 11.8. The first-order chi connectivity index (χ1) is 6.76. The molecule has 0 aromatic heterocycles. The summed E-state index contributed by atoms with van der Waals surface area (Å²) in [5, 5.41) is 3.04. The number of ether oxygens (including phenoxy) is 1. The third-order valence-corrected chi connectivity index (χ3v) is 3.16. The van der Waals surface area contributed by atoms with E-state index < -0.39 is 0 Å². The molecular formula is C10H18N2O2. The van der Waals surface area contributed by atoms with Crippen LogP contribution in [0.25, 0.3) is 0 Å². The third-order valence-electron chi connectivity index (χ3n) is 3.16. The van der Waals surface area contributed by atoms with Gasteiger partial charge >= 0.3 is 0 Å². The van der Waals surface area contributed by atoms with Gasteiger partial charge in [-0.25, -0.2) is 0 Å². The number of hydrogen-bond acceptors (Lipinski definition) is 3. The van der Waals surface area contributed by atoms with Crippen LogP contribution in [0.4, 0.5) is 0 Å². The molecule has 2 aliphatic rings. The molecule has 1 amide bonds. The lowest BCUT2D eigenvalue weighted by Gasteiger charge is -2.24. The van der Waals surface area contributed by atoms with Crippen molar-refractivity contribution in [2.45, 2.75) is 31.2 Å². The SMILES string of the molecule is NCC1(NC(=O)C2CCCOC2)CC1. The lowest BCUT2D eigenvalue weighted by Crippen LogP contribution is -2.46. The van der Waals surface area contributed by atoms with Gasteiger partial charge in [-0.2, -0.15) is 0 Å². The molecule has 1 atom stereocenters. The molecule has 0 aromatic rings. The Labute approximate surface area is 84.2 Å². The normalized spacial score (nSPS) is 29.6. The van der Waals surface area contributed by atoms with Crippen LogP contribution in [0.1, 0.15) is 25.7 Å². The van der Waals surface area contributed by atoms with E-state index in [1.54, 1.807) is 0 Å². The Balaban J connectivity index is 1.82. The first-order valence-electron chi connectivity index (χ1n) is 5.36. The number of carbonyl (C=O) groups excluding carboxylic acids is 1. The van der Waals surface area contributed by atoms with Gasteiger partial charge in [0, 0.05) is 13.2 Å². The monoisotopic (exact) mass is 198 g/mol. The van der Waals surface area contributed by atoms with E-state index in [4.69, 9.17) is 10.5 Å². The van der Waals surface area contributed by atoms with Gasteiger partial charge in [-0.3, -0.25) is 4.79 Å². The first kappa shape index (κ1) is 9.93. The van der Waals surface area contributed by atoms with Crippen molar-refractivity contribution in [3.63, 3.8) is 0 Å². The molecule has 1 unspecified atom stereocenters. The molecule has 0 bridgehead atoms. The second-order valence-electron chi connectivity index (χ2n) is 4.39. The van der Waals surface area contributed by atoms with Crippen LogP contribution in [0.15, 0.2) is 0 Å². The molecule has 80 valence electrons. The average Bonchev–Trinajstić information content (AvgIpc) is 3.00. The second kappa shape index (κ2) is 3.87. The van der Waals surface area contributed by atoms with Gasteiger partial charge in [0.25, 0.3) is 0 Å². The summed E-state index contributed by atoms with van der Waals surface area (Å²) in [7, 11) is 0. The minimum Gasteiger partial charge on any atom is -0.381 e. The smallest absolute Gasteiger partial charge is 0.225 e. The molecule has 2 rings (SSSR count). The Hall–Kier alpha value is -0.610. The standard InChI is InChI=1S/C10H18N2O2/c11-7-10(3-4-10)12-9(13)8-2-1-5-14-6-8/h8H,1-7,11H2,(H,12,13). The predicted molar refractivity (Wildman–Crippen MR) is 52.7 cm³/mol. The van der Waals surface area contributed by atoms with Gasteiger partial charge in [-0.05, 0) is 25.7 Å². The molecular weight excluding hydrogens is 180 g/mol. The third kappa shape index (κ3) is 2.07. The van der Waals surface area contributed by atoms with Crippen molar-refractivity contribution < 1.29 is 9.53 Å². The Kier molecular flexibility index (Phi) is 2.74. The first-order valence-corrected chi connectivity index (χ1v) is 5.36. The Bertz CT molecular complexity index is 220. The van der Waals surface area contributed by atoms with E-state index in [0.29, 0.717) is 13.2 Å². The van der Waals surface area contributed by atoms with E-state index in [1.807, 2.05) is 0 Å². The van der Waals surface area contributed by atoms with E-state index in [0.717, 1.165) is 32.3 Å². The highest BCUT2D eigenvalue weighted by atomic mass is 16.5. The lowest BCUT2D eigenvalue weighted by atomic mass is 10.0. The molecule has 4 heteroatoms. The van der Waals surface area contributed by atoms with Gasteiger partial charge < -0.3 is 15.8 Å². The van der Waals surface area contributed by atoms with Crippen LogP contribution in [-0.2, 0) is 9.53 Å². The summed E-state index contributed by atoms with van der Waals surface area (Å²) in [5.41, 5.74) is 5.54. The van der Waals surface area contributed by atoms with Crippen LogP contribution in [0, 0.1) is 5.92 Å². The van der Waals surface area contributed by atoms with Gasteiger partial charge in [0.1, 0.15) is 0 Å². The Morgan fingerprint density at radius 3 is 2.86 bits per heavy atom. The number of amides is 1. The fraction of sp³-hybridized carbons (Fsp3) is 0.900. The fourth-order valence-corrected chi connectivity index (χ4v) is 1.84. The highest BCUT2D eigenvalue weighted by molar-refractivity contribution is 5.80. The number of rotatable bonds is 3. The summed E-state index contributed by atoms with van der Waals surface area (Å²) < 4.78 is 5.28. The number of hydrogen-bond donors (Lipinski definition) is 2. The summed E-state index contributed by atoms with van der Waals surface area (Å²) in [6.07, 6.45) is 4.01. The molecule has 1 aliphatic heterocycles. The predicted octanol–water partition coefficient (Wildman–Crippen LogP) is 0.0205. The summed E-state index contributed by atoms with van der Waals surface area (Å²) in [4.78, 5) is 11.8. The number of carbonyl (C=O) groups is 1. The van der Waals surface area contributed by atoms with Crippen molar-refractivity contribution in [2.24, 2.45) is 11.7 Å². The van der Waals surface area contributed by atoms with Gasteiger partial charge in [-0.1, -0.05) is 0 Å². The van der Waals surface area contributed by atoms with Crippen LogP contribution >= 0.6 is 0 Å². The number of nitrogens with two attached hydrogens (primary N) is 1. The zero-order valence-electron chi connectivity index (χ0n) is 8.42. The Morgan fingerprint density at radius 1 is 1.57 bits per heavy atom. The second-order valence-corrected chi connectivity index (χ2v) is 4.39. The van der Waals surface area contributed by atoms with E-state index in [-0.39, 0.29) is 17.4 Å². The van der Waals surface area contributed by atoms with E-state index in [1.165, 1.54) is 0 Å². The van der Waals surface area contributed by atoms with Gasteiger partial charge in [0.15, 0.2) is 0 Å². The molecule has 1 heterocycles. The van der Waals surface area contributed by atoms with Crippen molar-refractivity contribution in [3.8, 4) is 0 Å². The van der Waals surface area contributed by atoms with Crippen molar-refractivity contribution >= 4 is 5.91 Å². The molecule has 4 nitrogen and oxygen atoms in total. The zero-order chi connectivity index (χ0) is 10.0. The van der Waals surface area contributed by atoms with Gasteiger partial charge in [0.2, 0.25) is 5.91 Å². The van der Waals surface area contributed by atoms with Crippen molar-refractivity contribution in [3.05, 3.63) is 0 Å². The van der Waals surface area contributed by atoms with Gasteiger partial charge in [0.05, 0.1) is 18.1 Å². The molecule has 0 spiro atoms. The highest BCUT2D eigenvalue weighted by Crippen LogP contribution is 2.34. The van der Waals surface area contributed by atoms with Crippen LogP contribution < -0.4 is 11.1 Å². The van der Waals surface area contributed by atoms with Crippen LogP contribution in [0.2, 0.25) is 0 Å². The molecule has 3 N–H and O–H groups in total. The topological polar surface area (TPSA) is 64.3 Å². The molecule has 14 heavy (non-hydrogen) atoms. The van der Waals surface area contributed by atoms with Crippen molar-refractivity contribution in [1.82, 2.24) is 5.32 Å². The molecule has 0 radical (unpaired) electrons. The van der Waals surface area contributed by atoms with Crippen LogP contribution in [0.3, 0.4) is 0 Å². The molecule has 0 aromatic carbocycles. The van der Waals surface area contributed by atoms with Gasteiger partial charge in [-0.15, -0.1) is 0 Å². The van der Waals surface area contributed by atoms with Crippen molar-refractivity contribution in [1.29, 1.82) is 0 Å². The van der Waals surface area contributed by atoms with Crippen LogP contribution in [-0.4, -0.2) is 31.2 Å². The zero-order valence-corrected chi connectivity index (χ0v) is 8.42. The molecule has 1 saturated heterocycles. The highest BCUT2D eigenvalue weighted by Gasteiger charge is 2.43. The maximum Gasteiger partial charge on any atom is 0.225 e. The van der Waals surface area contributed by atoms with E-state index >= 15 is 0 Å². The largest absolute Gasteiger partial charge is 0.381 e. The minimum absolute atomic E-state index is 0.0489. The van der Waals surface area contributed by atoms with Crippen molar-refractivity contribution in [2.75, 3.05) is 19.8 Å². The molecule has 1 saturated carbocycles. The summed E-state index contributed by atoms with van der Waals surface area (Å²) >= 11 is 0. The van der Waals surface area contributed by atoms with E-state index in [2.05, 4.69) is 5.32 Å². The maximum atomic E-state index is 11.8. The Morgan fingerprint density at radius 2 is 2.36 bits per heavy atom. The lowest BCUT2D eigenvalue weighted by molar-refractivity contribution is -0.129. The molecule has 1 aliphatic carbocycles. The van der Waals surface area contributed by atoms with Crippen LogP contribution in [0.5, 0.6) is 0 Å². The quantitative estimate of drug-likeness (QED) is 0.672. The summed E-state index contributed by atoms with van der Waals surface area (Å²) in [5.74, 6) is 0.181. The fourth-order valence-electron chi connectivity index (χ4n) is 1.84. The molecule has 2 fully saturated rings. The summed E-state index contributed by atoms with van der Waals surface area (Å²) in [6.45, 7) is 1.94. The average molecular weight is 198 g/mol.